The lowest BCUT2D eigenvalue weighted by Gasteiger charge is -2.17. The van der Waals surface area contributed by atoms with Crippen LogP contribution in [0.5, 0.6) is 5.75 Å². The topological polar surface area (TPSA) is 121 Å². The van der Waals surface area contributed by atoms with Gasteiger partial charge in [0, 0.05) is 24.2 Å². The van der Waals surface area contributed by atoms with Crippen molar-refractivity contribution in [2.45, 2.75) is 32.9 Å². The van der Waals surface area contributed by atoms with Crippen molar-refractivity contribution in [3.63, 3.8) is 0 Å². The SMILES string of the molecule is CCc1cc(-c2noc(-c3ccc(CN(C)C)cc3)n2)cc(C)c1OC[C@@H](O)CNC(=O)CO. The maximum atomic E-state index is 11.1. The van der Waals surface area contributed by atoms with E-state index in [1.165, 1.54) is 5.56 Å². The summed E-state index contributed by atoms with van der Waals surface area (Å²) in [7, 11) is 4.06. The van der Waals surface area contributed by atoms with Gasteiger partial charge in [-0.2, -0.15) is 4.98 Å². The fraction of sp³-hybridized carbons (Fsp3) is 0.400. The molecule has 1 atom stereocenters. The van der Waals surface area contributed by atoms with E-state index in [4.69, 9.17) is 14.4 Å². The van der Waals surface area contributed by atoms with E-state index in [0.717, 1.165) is 28.8 Å². The van der Waals surface area contributed by atoms with Gasteiger partial charge in [-0.25, -0.2) is 0 Å². The minimum absolute atomic E-state index is 0.000255. The second-order valence-corrected chi connectivity index (χ2v) is 8.42. The van der Waals surface area contributed by atoms with Gasteiger partial charge < -0.3 is 29.7 Å². The van der Waals surface area contributed by atoms with Gasteiger partial charge in [0.2, 0.25) is 11.7 Å². The summed E-state index contributed by atoms with van der Waals surface area (Å²) < 4.78 is 11.4. The molecular formula is C25H32N4O5. The van der Waals surface area contributed by atoms with Crippen molar-refractivity contribution in [2.24, 2.45) is 0 Å². The van der Waals surface area contributed by atoms with Crippen molar-refractivity contribution in [1.29, 1.82) is 0 Å². The highest BCUT2D eigenvalue weighted by atomic mass is 16.5. The van der Waals surface area contributed by atoms with Gasteiger partial charge in [0.05, 0.1) is 0 Å². The van der Waals surface area contributed by atoms with Crippen molar-refractivity contribution in [2.75, 3.05) is 33.9 Å². The molecule has 0 aliphatic heterocycles. The average molecular weight is 469 g/mol. The minimum Gasteiger partial charge on any atom is -0.490 e. The molecule has 1 amide bonds. The Morgan fingerprint density at radius 1 is 1.21 bits per heavy atom. The molecule has 3 rings (SSSR count). The molecule has 0 fully saturated rings. The number of aliphatic hydroxyl groups is 2. The Kier molecular flexibility index (Phi) is 8.75. The molecule has 9 nitrogen and oxygen atoms in total. The Morgan fingerprint density at radius 3 is 2.59 bits per heavy atom. The molecule has 3 aromatic rings. The quantitative estimate of drug-likeness (QED) is 0.392. The number of benzene rings is 2. The number of aromatic nitrogens is 2. The number of nitrogens with zero attached hydrogens (tertiary/aromatic N) is 3. The van der Waals surface area contributed by atoms with Crippen molar-refractivity contribution in [3.8, 4) is 28.6 Å². The van der Waals surface area contributed by atoms with Gasteiger partial charge in [-0.1, -0.05) is 24.2 Å². The van der Waals surface area contributed by atoms with Gasteiger partial charge >= 0.3 is 0 Å². The smallest absolute Gasteiger partial charge is 0.258 e. The zero-order valence-corrected chi connectivity index (χ0v) is 20.0. The molecule has 3 N–H and O–H groups in total. The molecule has 0 aliphatic rings. The van der Waals surface area contributed by atoms with Gasteiger partial charge in [-0.05, 0) is 68.4 Å². The van der Waals surface area contributed by atoms with Crippen molar-refractivity contribution >= 4 is 5.91 Å². The van der Waals surface area contributed by atoms with Crippen LogP contribution in [0.2, 0.25) is 0 Å². The second kappa shape index (κ2) is 11.7. The van der Waals surface area contributed by atoms with Crippen LogP contribution in [0, 0.1) is 6.92 Å². The van der Waals surface area contributed by atoms with Crippen LogP contribution in [0.3, 0.4) is 0 Å². The zero-order chi connectivity index (χ0) is 24.7. The summed E-state index contributed by atoms with van der Waals surface area (Å²) in [5.41, 5.74) is 4.70. The van der Waals surface area contributed by atoms with Crippen LogP contribution in [0.15, 0.2) is 40.9 Å². The molecular weight excluding hydrogens is 436 g/mol. The third kappa shape index (κ3) is 6.63. The molecule has 0 aliphatic carbocycles. The standard InChI is InChI=1S/C25H32N4O5/c1-5-18-11-20(10-16(2)23(18)33-15-21(31)12-26-22(32)14-30)24-27-25(34-28-24)19-8-6-17(7-9-19)13-29(3)4/h6-11,21,30-31H,5,12-15H2,1-4H3,(H,26,32)/t21-/m0/s1. The van der Waals surface area contributed by atoms with Crippen molar-refractivity contribution < 1.29 is 24.3 Å². The fourth-order valence-electron chi connectivity index (χ4n) is 3.55. The number of hydrogen-bond donors (Lipinski definition) is 3. The molecule has 2 aromatic carbocycles. The molecule has 182 valence electrons. The first kappa shape index (κ1) is 25.4. The monoisotopic (exact) mass is 468 g/mol. The summed E-state index contributed by atoms with van der Waals surface area (Å²) in [5.74, 6) is 1.08. The van der Waals surface area contributed by atoms with Crippen LogP contribution in [0.1, 0.15) is 23.6 Å². The number of carbonyl (C=O) groups excluding carboxylic acids is 1. The van der Waals surface area contributed by atoms with E-state index in [9.17, 15) is 9.90 Å². The molecule has 0 bridgehead atoms. The summed E-state index contributed by atoms with van der Waals surface area (Å²) in [6.07, 6.45) is -0.192. The van der Waals surface area contributed by atoms with E-state index in [1.807, 2.05) is 64.3 Å². The molecule has 0 saturated carbocycles. The summed E-state index contributed by atoms with van der Waals surface area (Å²) in [6.45, 7) is 4.18. The van der Waals surface area contributed by atoms with E-state index >= 15 is 0 Å². The van der Waals surface area contributed by atoms with Gasteiger partial charge in [0.25, 0.3) is 5.89 Å². The summed E-state index contributed by atoms with van der Waals surface area (Å²) in [6, 6.07) is 11.9. The number of carbonyl (C=O) groups is 1. The summed E-state index contributed by atoms with van der Waals surface area (Å²) in [4.78, 5) is 17.8. The Labute approximate surface area is 199 Å². The van der Waals surface area contributed by atoms with E-state index in [2.05, 4.69) is 20.4 Å². The van der Waals surface area contributed by atoms with Crippen LogP contribution >= 0.6 is 0 Å². The second-order valence-electron chi connectivity index (χ2n) is 8.42. The molecule has 34 heavy (non-hydrogen) atoms. The van der Waals surface area contributed by atoms with E-state index in [1.54, 1.807) is 0 Å². The maximum Gasteiger partial charge on any atom is 0.258 e. The van der Waals surface area contributed by atoms with Crippen LogP contribution in [-0.2, 0) is 17.8 Å². The lowest BCUT2D eigenvalue weighted by atomic mass is 10.0. The molecule has 0 saturated heterocycles. The summed E-state index contributed by atoms with van der Waals surface area (Å²) in [5, 5.41) is 25.4. The van der Waals surface area contributed by atoms with Crippen molar-refractivity contribution in [3.05, 3.63) is 53.1 Å². The Balaban J connectivity index is 1.73. The number of rotatable bonds is 11. The van der Waals surface area contributed by atoms with Gasteiger partial charge in [0.1, 0.15) is 25.1 Å². The molecule has 1 heterocycles. The zero-order valence-electron chi connectivity index (χ0n) is 20.0. The van der Waals surface area contributed by atoms with Gasteiger partial charge in [-0.15, -0.1) is 0 Å². The van der Waals surface area contributed by atoms with Crippen LogP contribution in [-0.4, -0.2) is 71.1 Å². The number of nitrogens with one attached hydrogen (secondary N) is 1. The van der Waals surface area contributed by atoms with Crippen LogP contribution < -0.4 is 10.1 Å². The number of amides is 1. The van der Waals surface area contributed by atoms with E-state index in [0.29, 0.717) is 23.9 Å². The molecule has 1 aromatic heterocycles. The first-order valence-electron chi connectivity index (χ1n) is 11.2. The Bertz CT molecular complexity index is 1100. The van der Waals surface area contributed by atoms with E-state index in [-0.39, 0.29) is 13.2 Å². The molecule has 9 heteroatoms. The third-order valence-corrected chi connectivity index (χ3v) is 5.21. The normalized spacial score (nSPS) is 12.1. The highest BCUT2D eigenvalue weighted by molar-refractivity contribution is 5.76. The first-order valence-corrected chi connectivity index (χ1v) is 11.2. The van der Waals surface area contributed by atoms with Crippen molar-refractivity contribution in [1.82, 2.24) is 20.4 Å². The molecule has 0 radical (unpaired) electrons. The molecule has 0 spiro atoms. The number of ether oxygens (including phenoxy) is 1. The highest BCUT2D eigenvalue weighted by Gasteiger charge is 2.16. The average Bonchev–Trinajstić information content (AvgIpc) is 3.31. The van der Waals surface area contributed by atoms with Gasteiger partial charge in [0.15, 0.2) is 0 Å². The van der Waals surface area contributed by atoms with Gasteiger partial charge in [-0.3, -0.25) is 4.79 Å². The third-order valence-electron chi connectivity index (χ3n) is 5.21. The largest absolute Gasteiger partial charge is 0.490 e. The van der Waals surface area contributed by atoms with Crippen LogP contribution in [0.25, 0.3) is 22.8 Å². The maximum absolute atomic E-state index is 11.1. The predicted molar refractivity (Wildman–Crippen MR) is 128 cm³/mol. The number of aliphatic hydroxyl groups excluding tert-OH is 2. The number of hydrogen-bond acceptors (Lipinski definition) is 8. The minimum atomic E-state index is -0.900. The molecule has 0 unspecified atom stereocenters. The van der Waals surface area contributed by atoms with Crippen LogP contribution in [0.4, 0.5) is 0 Å². The van der Waals surface area contributed by atoms with E-state index < -0.39 is 18.6 Å². The number of aryl methyl sites for hydroxylation is 2. The predicted octanol–water partition coefficient (Wildman–Crippen LogP) is 2.18. The summed E-state index contributed by atoms with van der Waals surface area (Å²) >= 11 is 0. The lowest BCUT2D eigenvalue weighted by molar-refractivity contribution is -0.124. The Hall–Kier alpha value is -3.27. The fourth-order valence-corrected chi connectivity index (χ4v) is 3.55. The highest BCUT2D eigenvalue weighted by Crippen LogP contribution is 2.31. The first-order chi connectivity index (χ1) is 16.3. The lowest BCUT2D eigenvalue weighted by Crippen LogP contribution is -2.36. The Morgan fingerprint density at radius 2 is 1.94 bits per heavy atom.